The third-order valence-electron chi connectivity index (χ3n) is 10.5. The summed E-state index contributed by atoms with van der Waals surface area (Å²) in [4.78, 5) is 9.93. The average molecular weight is 830 g/mol. The second kappa shape index (κ2) is 14.8. The van der Waals surface area contributed by atoms with E-state index in [1.54, 1.807) is 41.0 Å². The summed E-state index contributed by atoms with van der Waals surface area (Å²) < 4.78 is 128. The molecule has 0 saturated carbocycles. The molecule has 0 radical (unpaired) electrons. The second-order valence-corrected chi connectivity index (χ2v) is 14.3. The van der Waals surface area contributed by atoms with Crippen LogP contribution in [0.4, 0.5) is 39.5 Å². The predicted octanol–water partition coefficient (Wildman–Crippen LogP) is 15.0. The Labute approximate surface area is 342 Å². The molecule has 0 aliphatic heterocycles. The summed E-state index contributed by atoms with van der Waals surface area (Å²) in [6.07, 6.45) is -14.0. The first kappa shape index (κ1) is 39.3. The largest absolute Gasteiger partial charge is 0.416 e. The summed E-state index contributed by atoms with van der Waals surface area (Å²) in [5.41, 5.74) is 2.45. The minimum absolute atomic E-state index is 0.199. The zero-order valence-corrected chi connectivity index (χ0v) is 31.4. The maximum atomic E-state index is 14.1. The number of hydrogen-bond acceptors (Lipinski definition) is 2. The fourth-order valence-corrected chi connectivity index (χ4v) is 7.60. The van der Waals surface area contributed by atoms with Crippen LogP contribution in [0.5, 0.6) is 0 Å². The number of rotatable bonds is 6. The van der Waals surface area contributed by atoms with Gasteiger partial charge in [-0.25, -0.2) is 9.97 Å². The lowest BCUT2D eigenvalue weighted by Gasteiger charge is -2.22. The molecule has 0 aliphatic carbocycles. The van der Waals surface area contributed by atoms with Crippen molar-refractivity contribution in [1.29, 1.82) is 0 Å². The summed E-state index contributed by atoms with van der Waals surface area (Å²) in [7, 11) is 0. The lowest BCUT2D eigenvalue weighted by Crippen LogP contribution is -2.06. The van der Waals surface area contributed by atoms with Gasteiger partial charge in [0.05, 0.1) is 44.8 Å². The van der Waals surface area contributed by atoms with Crippen molar-refractivity contribution in [3.63, 3.8) is 0 Å². The van der Waals surface area contributed by atoms with Crippen molar-refractivity contribution >= 4 is 21.8 Å². The SMILES string of the molecule is FC(F)(F)c1ccc(-c2cc(-c3nc(-c4ccccc4)cc(-c4ccccc4)n3)cc(-c3ccc(C(F)(F)F)cc3)c2-n2c3ccccc3c3cc(C(F)(F)F)ccc32)cc1. The lowest BCUT2D eigenvalue weighted by molar-refractivity contribution is -0.138. The van der Waals surface area contributed by atoms with Crippen molar-refractivity contribution in [3.05, 3.63) is 187 Å². The average Bonchev–Trinajstić information content (AvgIpc) is 3.59. The van der Waals surface area contributed by atoms with E-state index in [-0.39, 0.29) is 28.0 Å². The topological polar surface area (TPSA) is 30.7 Å². The Morgan fingerprint density at radius 2 is 0.770 bits per heavy atom. The van der Waals surface area contributed by atoms with Gasteiger partial charge in [-0.3, -0.25) is 0 Å². The number of halogens is 9. The van der Waals surface area contributed by atoms with E-state index in [4.69, 9.17) is 9.97 Å². The fourth-order valence-electron chi connectivity index (χ4n) is 7.60. The standard InChI is InChI=1S/C49H28F9N3/c50-47(51,52)34-19-15-29(16-20-34)38-25-33(46-59-41(31-9-3-1-4-10-31)28-42(60-46)32-11-5-2-6-12-32)26-39(30-17-21-35(22-18-30)48(53,54)55)45(38)61-43-14-8-7-13-37(43)40-27-36(49(56,57)58)23-24-44(40)61/h1-28H. The molecule has 0 spiro atoms. The molecule has 0 bridgehead atoms. The molecule has 0 N–H and O–H groups in total. The van der Waals surface area contributed by atoms with Crippen LogP contribution in [0.15, 0.2) is 170 Å². The molecule has 0 unspecified atom stereocenters. The molecular formula is C49H28F9N3. The highest BCUT2D eigenvalue weighted by molar-refractivity contribution is 6.11. The predicted molar refractivity (Wildman–Crippen MR) is 219 cm³/mol. The van der Waals surface area contributed by atoms with Crippen LogP contribution in [0.25, 0.3) is 83.6 Å². The molecule has 2 aromatic heterocycles. The van der Waals surface area contributed by atoms with Crippen LogP contribution >= 0.6 is 0 Å². The first-order valence-corrected chi connectivity index (χ1v) is 18.8. The van der Waals surface area contributed by atoms with Gasteiger partial charge in [-0.2, -0.15) is 39.5 Å². The molecule has 3 nitrogen and oxygen atoms in total. The molecule has 61 heavy (non-hydrogen) atoms. The number of aromatic nitrogens is 3. The molecule has 2 heterocycles. The van der Waals surface area contributed by atoms with Crippen molar-refractivity contribution in [2.24, 2.45) is 0 Å². The van der Waals surface area contributed by atoms with Crippen LogP contribution < -0.4 is 0 Å². The molecule has 9 aromatic rings. The van der Waals surface area contributed by atoms with Gasteiger partial charge in [0.2, 0.25) is 0 Å². The Morgan fingerprint density at radius 3 is 1.25 bits per heavy atom. The normalized spacial score (nSPS) is 12.3. The Balaban J connectivity index is 1.42. The highest BCUT2D eigenvalue weighted by Gasteiger charge is 2.33. The highest BCUT2D eigenvalue weighted by Crippen LogP contribution is 2.46. The Kier molecular flexibility index (Phi) is 9.53. The van der Waals surface area contributed by atoms with Crippen LogP contribution in [0, 0.1) is 0 Å². The third-order valence-corrected chi connectivity index (χ3v) is 10.5. The molecule has 0 atom stereocenters. The number of alkyl halides is 9. The molecule has 0 aliphatic rings. The highest BCUT2D eigenvalue weighted by atomic mass is 19.4. The molecule has 0 saturated heterocycles. The first-order chi connectivity index (χ1) is 29.1. The van der Waals surface area contributed by atoms with Gasteiger partial charge in [0.1, 0.15) is 0 Å². The van der Waals surface area contributed by atoms with Crippen LogP contribution in [-0.4, -0.2) is 14.5 Å². The number of nitrogens with zero attached hydrogens (tertiary/aromatic N) is 3. The minimum Gasteiger partial charge on any atom is -0.308 e. The van der Waals surface area contributed by atoms with Gasteiger partial charge in [0.25, 0.3) is 0 Å². The Hall–Kier alpha value is -7.21. The van der Waals surface area contributed by atoms with Gasteiger partial charge in [-0.1, -0.05) is 103 Å². The van der Waals surface area contributed by atoms with Crippen molar-refractivity contribution in [2.45, 2.75) is 18.5 Å². The van der Waals surface area contributed by atoms with E-state index in [0.717, 1.165) is 47.5 Å². The number of fused-ring (bicyclic) bond motifs is 3. The van der Waals surface area contributed by atoms with Crippen molar-refractivity contribution in [2.75, 3.05) is 0 Å². The molecule has 0 amide bonds. The molecule has 12 heteroatoms. The number of para-hydroxylation sites is 1. The van der Waals surface area contributed by atoms with E-state index in [1.807, 2.05) is 66.7 Å². The number of benzene rings is 7. The molecular weight excluding hydrogens is 802 g/mol. The van der Waals surface area contributed by atoms with E-state index in [2.05, 4.69) is 0 Å². The molecule has 0 fully saturated rings. The van der Waals surface area contributed by atoms with E-state index in [0.29, 0.717) is 44.5 Å². The summed E-state index contributed by atoms with van der Waals surface area (Å²) >= 11 is 0. The number of hydrogen-bond donors (Lipinski definition) is 0. The quantitative estimate of drug-likeness (QED) is 0.156. The minimum atomic E-state index is -4.68. The van der Waals surface area contributed by atoms with Crippen LogP contribution in [-0.2, 0) is 18.5 Å². The van der Waals surface area contributed by atoms with Crippen molar-refractivity contribution in [1.82, 2.24) is 14.5 Å². The third kappa shape index (κ3) is 7.50. The Morgan fingerprint density at radius 1 is 0.344 bits per heavy atom. The van der Waals surface area contributed by atoms with E-state index in [1.165, 1.54) is 30.3 Å². The molecule has 302 valence electrons. The maximum Gasteiger partial charge on any atom is 0.416 e. The Bertz CT molecular complexity index is 2920. The van der Waals surface area contributed by atoms with Gasteiger partial charge in [0.15, 0.2) is 5.82 Å². The summed E-state index contributed by atoms with van der Waals surface area (Å²) in [6, 6.07) is 42.6. The van der Waals surface area contributed by atoms with Crippen molar-refractivity contribution < 1.29 is 39.5 Å². The smallest absolute Gasteiger partial charge is 0.308 e. The van der Waals surface area contributed by atoms with Gasteiger partial charge in [-0.15, -0.1) is 0 Å². The first-order valence-electron chi connectivity index (χ1n) is 18.8. The zero-order valence-electron chi connectivity index (χ0n) is 31.4. The monoisotopic (exact) mass is 829 g/mol. The second-order valence-electron chi connectivity index (χ2n) is 14.3. The van der Waals surface area contributed by atoms with Gasteiger partial charge >= 0.3 is 18.5 Å². The molecule has 7 aromatic carbocycles. The zero-order chi connectivity index (χ0) is 42.7. The summed E-state index contributed by atoms with van der Waals surface area (Å²) in [5, 5.41) is 0.674. The van der Waals surface area contributed by atoms with Crippen LogP contribution in [0.3, 0.4) is 0 Å². The van der Waals surface area contributed by atoms with E-state index in [9.17, 15) is 39.5 Å². The van der Waals surface area contributed by atoms with Gasteiger partial charge in [-0.05, 0) is 77.9 Å². The van der Waals surface area contributed by atoms with Crippen molar-refractivity contribution in [3.8, 4) is 61.8 Å². The summed E-state index contributed by atoms with van der Waals surface area (Å²) in [5.74, 6) is 0.199. The van der Waals surface area contributed by atoms with E-state index >= 15 is 0 Å². The maximum absolute atomic E-state index is 14.1. The van der Waals surface area contributed by atoms with Crippen LogP contribution in [0.1, 0.15) is 16.7 Å². The lowest BCUT2D eigenvalue weighted by atomic mass is 9.91. The van der Waals surface area contributed by atoms with Gasteiger partial charge < -0.3 is 4.57 Å². The van der Waals surface area contributed by atoms with E-state index < -0.39 is 35.2 Å². The molecule has 9 rings (SSSR count). The fraction of sp³-hybridized carbons (Fsp3) is 0.0612. The van der Waals surface area contributed by atoms with Crippen LogP contribution in [0.2, 0.25) is 0 Å². The summed E-state index contributed by atoms with van der Waals surface area (Å²) in [6.45, 7) is 0. The van der Waals surface area contributed by atoms with Gasteiger partial charge in [0, 0.05) is 38.6 Å².